The summed E-state index contributed by atoms with van der Waals surface area (Å²) in [7, 11) is 0. The van der Waals surface area contributed by atoms with Crippen LogP contribution in [-0.4, -0.2) is 16.6 Å². The molecule has 0 N–H and O–H groups in total. The van der Waals surface area contributed by atoms with Crippen LogP contribution in [0.25, 0.3) is 0 Å². The predicted molar refractivity (Wildman–Crippen MR) is 53.8 cm³/mol. The first kappa shape index (κ1) is 10.7. The fourth-order valence-electron chi connectivity index (χ4n) is 0.531. The van der Waals surface area contributed by atoms with Gasteiger partial charge in [0, 0.05) is 11.0 Å². The van der Waals surface area contributed by atoms with Crippen LogP contribution in [0.1, 0.15) is 33.6 Å². The lowest BCUT2D eigenvalue weighted by molar-refractivity contribution is 0.00175. The Bertz CT molecular complexity index is 81.3. The molecule has 0 bridgehead atoms. The average Bonchev–Trinajstić information content (AvgIpc) is 1.89. The molecule has 0 heterocycles. The van der Waals surface area contributed by atoms with Crippen LogP contribution in [0, 0.1) is 0 Å². The number of halogens is 1. The highest BCUT2D eigenvalue weighted by Gasteiger charge is 2.14. The maximum Gasteiger partial charge on any atom is 0.0715 e. The molecule has 0 unspecified atom stereocenters. The Balaban J connectivity index is 3.28. The van der Waals surface area contributed by atoms with Gasteiger partial charge in [0.05, 0.1) is 5.60 Å². The fourth-order valence-corrected chi connectivity index (χ4v) is 0.752. The summed E-state index contributed by atoms with van der Waals surface area (Å²) >= 11 is 2.36. The minimum absolute atomic E-state index is 0.0791. The van der Waals surface area contributed by atoms with Gasteiger partial charge >= 0.3 is 0 Å². The lowest BCUT2D eigenvalue weighted by Gasteiger charge is -2.22. The Morgan fingerprint density at radius 3 is 2.40 bits per heavy atom. The summed E-state index contributed by atoms with van der Waals surface area (Å²) in [6.07, 6.45) is 2.40. The lowest BCUT2D eigenvalue weighted by atomic mass is 10.2. The van der Waals surface area contributed by atoms with Crippen molar-refractivity contribution in [2.24, 2.45) is 0 Å². The molecule has 1 nitrogen and oxygen atoms in total. The van der Waals surface area contributed by atoms with Crippen molar-refractivity contribution in [3.8, 4) is 0 Å². The van der Waals surface area contributed by atoms with E-state index >= 15 is 0 Å². The third kappa shape index (κ3) is 5.47. The highest BCUT2D eigenvalue weighted by molar-refractivity contribution is 14.1. The highest BCUT2D eigenvalue weighted by atomic mass is 127. The van der Waals surface area contributed by atoms with Gasteiger partial charge in [0.2, 0.25) is 0 Å². The average molecular weight is 256 g/mol. The van der Waals surface area contributed by atoms with Gasteiger partial charge in [-0.1, -0.05) is 35.9 Å². The van der Waals surface area contributed by atoms with Crippen LogP contribution in [0.4, 0.5) is 0 Å². The SMILES string of the molecule is CCCCOC(C)(C)CI. The Kier molecular flexibility index (Phi) is 5.72. The van der Waals surface area contributed by atoms with Crippen LogP contribution in [0.2, 0.25) is 0 Å². The molecule has 0 saturated heterocycles. The fraction of sp³-hybridized carbons (Fsp3) is 1.00. The first-order valence-electron chi connectivity index (χ1n) is 3.82. The van der Waals surface area contributed by atoms with Gasteiger partial charge in [0.25, 0.3) is 0 Å². The van der Waals surface area contributed by atoms with E-state index in [0.717, 1.165) is 11.0 Å². The summed E-state index contributed by atoms with van der Waals surface area (Å²) in [5.41, 5.74) is 0.0791. The standard InChI is InChI=1S/C8H17IO/c1-4-5-6-10-8(2,3)7-9/h4-7H2,1-3H3. The van der Waals surface area contributed by atoms with Crippen molar-refractivity contribution < 1.29 is 4.74 Å². The van der Waals surface area contributed by atoms with Crippen LogP contribution in [0.15, 0.2) is 0 Å². The van der Waals surface area contributed by atoms with E-state index < -0.39 is 0 Å². The molecule has 0 atom stereocenters. The number of hydrogen-bond acceptors (Lipinski definition) is 1. The second-order valence-electron chi connectivity index (χ2n) is 3.10. The Morgan fingerprint density at radius 2 is 2.00 bits per heavy atom. The predicted octanol–water partition coefficient (Wildman–Crippen LogP) is 3.02. The second kappa shape index (κ2) is 5.35. The van der Waals surface area contributed by atoms with Crippen molar-refractivity contribution in [1.29, 1.82) is 0 Å². The molecule has 0 rings (SSSR count). The van der Waals surface area contributed by atoms with Gasteiger partial charge in [-0.2, -0.15) is 0 Å². The summed E-state index contributed by atoms with van der Waals surface area (Å²) in [5, 5.41) is 0. The molecule has 0 aliphatic heterocycles. The maximum atomic E-state index is 5.61. The zero-order valence-electron chi connectivity index (χ0n) is 7.11. The number of alkyl halides is 1. The van der Waals surface area contributed by atoms with E-state index in [1.54, 1.807) is 0 Å². The summed E-state index contributed by atoms with van der Waals surface area (Å²) in [4.78, 5) is 0. The van der Waals surface area contributed by atoms with Gasteiger partial charge in [-0.15, -0.1) is 0 Å². The summed E-state index contributed by atoms with van der Waals surface area (Å²) in [6.45, 7) is 7.36. The summed E-state index contributed by atoms with van der Waals surface area (Å²) in [6, 6.07) is 0. The molecule has 0 radical (unpaired) electrons. The maximum absolute atomic E-state index is 5.61. The molecule has 2 heteroatoms. The third-order valence-corrected chi connectivity index (χ3v) is 3.15. The minimum atomic E-state index is 0.0791. The topological polar surface area (TPSA) is 9.23 Å². The molecule has 0 amide bonds. The van der Waals surface area contributed by atoms with E-state index in [-0.39, 0.29) is 5.60 Å². The van der Waals surface area contributed by atoms with E-state index in [4.69, 9.17) is 4.74 Å². The molecule has 0 saturated carbocycles. The first-order chi connectivity index (χ1) is 4.62. The molecule has 0 fully saturated rings. The number of ether oxygens (including phenoxy) is 1. The summed E-state index contributed by atoms with van der Waals surface area (Å²) in [5.74, 6) is 0. The highest BCUT2D eigenvalue weighted by Crippen LogP contribution is 2.12. The molecule has 62 valence electrons. The van der Waals surface area contributed by atoms with Gasteiger partial charge in [-0.25, -0.2) is 0 Å². The van der Waals surface area contributed by atoms with Crippen molar-refractivity contribution in [3.63, 3.8) is 0 Å². The van der Waals surface area contributed by atoms with Crippen LogP contribution in [0.3, 0.4) is 0 Å². The van der Waals surface area contributed by atoms with E-state index in [1.165, 1.54) is 12.8 Å². The molecule has 0 spiro atoms. The van der Waals surface area contributed by atoms with Gasteiger partial charge in [-0.05, 0) is 20.3 Å². The van der Waals surface area contributed by atoms with Gasteiger partial charge in [0.1, 0.15) is 0 Å². The van der Waals surface area contributed by atoms with Gasteiger partial charge < -0.3 is 4.74 Å². The molecular weight excluding hydrogens is 239 g/mol. The zero-order chi connectivity index (χ0) is 8.04. The molecule has 0 aliphatic carbocycles. The van der Waals surface area contributed by atoms with E-state index in [0.29, 0.717) is 0 Å². The first-order valence-corrected chi connectivity index (χ1v) is 5.35. The smallest absolute Gasteiger partial charge is 0.0715 e. The van der Waals surface area contributed by atoms with E-state index in [2.05, 4.69) is 43.4 Å². The molecule has 0 aromatic rings. The van der Waals surface area contributed by atoms with Crippen LogP contribution in [-0.2, 0) is 4.74 Å². The van der Waals surface area contributed by atoms with Crippen molar-refractivity contribution in [2.45, 2.75) is 39.2 Å². The van der Waals surface area contributed by atoms with E-state index in [9.17, 15) is 0 Å². The third-order valence-electron chi connectivity index (χ3n) is 1.31. The quantitative estimate of drug-likeness (QED) is 0.417. The Labute approximate surface area is 77.7 Å². The summed E-state index contributed by atoms with van der Waals surface area (Å²) < 4.78 is 6.68. The van der Waals surface area contributed by atoms with Crippen LogP contribution >= 0.6 is 22.6 Å². The number of rotatable bonds is 5. The molecule has 0 aromatic heterocycles. The molecule has 0 aromatic carbocycles. The Morgan fingerprint density at radius 1 is 1.40 bits per heavy atom. The normalized spacial score (nSPS) is 12.0. The molecule has 10 heavy (non-hydrogen) atoms. The van der Waals surface area contributed by atoms with Crippen LogP contribution < -0.4 is 0 Å². The number of hydrogen-bond donors (Lipinski definition) is 0. The molecular formula is C8H17IO. The van der Waals surface area contributed by atoms with Crippen molar-refractivity contribution in [2.75, 3.05) is 11.0 Å². The van der Waals surface area contributed by atoms with Gasteiger partial charge in [-0.3, -0.25) is 0 Å². The zero-order valence-corrected chi connectivity index (χ0v) is 9.27. The Hall–Kier alpha value is 0.690. The lowest BCUT2D eigenvalue weighted by Crippen LogP contribution is -2.26. The largest absolute Gasteiger partial charge is 0.375 e. The monoisotopic (exact) mass is 256 g/mol. The van der Waals surface area contributed by atoms with Crippen molar-refractivity contribution >= 4 is 22.6 Å². The minimum Gasteiger partial charge on any atom is -0.375 e. The molecule has 0 aliphatic rings. The number of unbranched alkanes of at least 4 members (excludes halogenated alkanes) is 1. The van der Waals surface area contributed by atoms with E-state index in [1.807, 2.05) is 0 Å². The van der Waals surface area contributed by atoms with Crippen molar-refractivity contribution in [1.82, 2.24) is 0 Å². The van der Waals surface area contributed by atoms with Crippen LogP contribution in [0.5, 0.6) is 0 Å². The van der Waals surface area contributed by atoms with Crippen molar-refractivity contribution in [3.05, 3.63) is 0 Å². The van der Waals surface area contributed by atoms with Gasteiger partial charge in [0.15, 0.2) is 0 Å². The second-order valence-corrected chi connectivity index (χ2v) is 3.86.